The molecule has 12 heavy (non-hydrogen) atoms. The zero-order valence-corrected chi connectivity index (χ0v) is 8.32. The second kappa shape index (κ2) is 3.07. The Hall–Kier alpha value is -0.540. The summed E-state index contributed by atoms with van der Waals surface area (Å²) in [4.78, 5) is 0. The summed E-state index contributed by atoms with van der Waals surface area (Å²) in [6.45, 7) is 2.02. The van der Waals surface area contributed by atoms with Gasteiger partial charge in [0.05, 0.1) is 0 Å². The van der Waals surface area contributed by atoms with E-state index in [1.54, 1.807) is 0 Å². The smallest absolute Gasteiger partial charge is 0.0461 e. The zero-order chi connectivity index (χ0) is 8.55. The molecule has 3 heteroatoms. The lowest BCUT2D eigenvalue weighted by Crippen LogP contribution is -2.24. The van der Waals surface area contributed by atoms with Crippen LogP contribution < -0.4 is 11.1 Å². The average molecular weight is 227 g/mol. The summed E-state index contributed by atoms with van der Waals surface area (Å²) in [5, 5.41) is 3.33. The molecule has 0 unspecified atom stereocenters. The normalized spacial score (nSPS) is 15.8. The highest BCUT2D eigenvalue weighted by molar-refractivity contribution is 9.10. The van der Waals surface area contributed by atoms with Gasteiger partial charge in [-0.2, -0.15) is 0 Å². The molecule has 0 bridgehead atoms. The van der Waals surface area contributed by atoms with Crippen LogP contribution in [0.2, 0.25) is 0 Å². The van der Waals surface area contributed by atoms with Crippen molar-refractivity contribution in [2.75, 3.05) is 12.3 Å². The first kappa shape index (κ1) is 8.08. The molecule has 0 atom stereocenters. The molecule has 0 fully saturated rings. The van der Waals surface area contributed by atoms with Crippen molar-refractivity contribution >= 4 is 21.6 Å². The largest absolute Gasteiger partial charge is 0.398 e. The van der Waals surface area contributed by atoms with Gasteiger partial charge >= 0.3 is 0 Å². The third kappa shape index (κ3) is 1.23. The van der Waals surface area contributed by atoms with Gasteiger partial charge in [0.1, 0.15) is 0 Å². The highest BCUT2D eigenvalue weighted by Gasteiger charge is 2.12. The number of nitrogen functional groups attached to an aromatic ring is 1. The summed E-state index contributed by atoms with van der Waals surface area (Å²) in [5.74, 6) is 0. The fourth-order valence-corrected chi connectivity index (χ4v) is 2.14. The van der Waals surface area contributed by atoms with Gasteiger partial charge in [-0.3, -0.25) is 0 Å². The first-order chi connectivity index (χ1) is 5.79. The van der Waals surface area contributed by atoms with Gasteiger partial charge in [-0.05, 0) is 46.1 Å². The Balaban J connectivity index is 2.54. The minimum Gasteiger partial charge on any atom is -0.398 e. The molecule has 0 saturated heterocycles. The molecular formula is C9H11BrN2. The molecule has 64 valence electrons. The van der Waals surface area contributed by atoms with E-state index in [2.05, 4.69) is 27.3 Å². The number of nitrogens with one attached hydrogen (secondary N) is 1. The number of hydrogen-bond donors (Lipinski definition) is 2. The van der Waals surface area contributed by atoms with Crippen LogP contribution in [0.4, 0.5) is 5.69 Å². The van der Waals surface area contributed by atoms with Crippen molar-refractivity contribution in [3.05, 3.63) is 27.7 Å². The van der Waals surface area contributed by atoms with E-state index in [-0.39, 0.29) is 0 Å². The Morgan fingerprint density at radius 2 is 2.25 bits per heavy atom. The molecular weight excluding hydrogens is 216 g/mol. The van der Waals surface area contributed by atoms with Crippen molar-refractivity contribution in [1.29, 1.82) is 0 Å². The second-order valence-electron chi connectivity index (χ2n) is 3.03. The van der Waals surface area contributed by atoms with Gasteiger partial charge in [-0.1, -0.05) is 6.07 Å². The fraction of sp³-hybridized carbons (Fsp3) is 0.333. The number of hydrogen-bond acceptors (Lipinski definition) is 2. The molecule has 2 rings (SSSR count). The van der Waals surface area contributed by atoms with Crippen LogP contribution in [0.5, 0.6) is 0 Å². The summed E-state index contributed by atoms with van der Waals surface area (Å²) in [6.07, 6.45) is 1.07. The number of rotatable bonds is 0. The Labute approximate surface area is 80.3 Å². The molecule has 1 aromatic rings. The molecule has 1 heterocycles. The van der Waals surface area contributed by atoms with Gasteiger partial charge in [-0.15, -0.1) is 0 Å². The van der Waals surface area contributed by atoms with Crippen molar-refractivity contribution in [3.63, 3.8) is 0 Å². The summed E-state index contributed by atoms with van der Waals surface area (Å²) < 4.78 is 1.08. The van der Waals surface area contributed by atoms with Crippen LogP contribution in [0, 0.1) is 0 Å². The lowest BCUT2D eigenvalue weighted by Gasteiger charge is -2.19. The summed E-state index contributed by atoms with van der Waals surface area (Å²) in [6, 6.07) is 4.05. The van der Waals surface area contributed by atoms with Crippen LogP contribution in [0.15, 0.2) is 16.6 Å². The van der Waals surface area contributed by atoms with E-state index in [1.165, 1.54) is 11.1 Å². The number of anilines is 1. The van der Waals surface area contributed by atoms with Gasteiger partial charge in [0, 0.05) is 16.7 Å². The third-order valence-corrected chi connectivity index (χ3v) is 3.17. The Bertz CT molecular complexity index is 310. The van der Waals surface area contributed by atoms with Crippen molar-refractivity contribution in [3.8, 4) is 0 Å². The number of benzene rings is 1. The van der Waals surface area contributed by atoms with E-state index in [4.69, 9.17) is 5.73 Å². The van der Waals surface area contributed by atoms with E-state index < -0.39 is 0 Å². The van der Waals surface area contributed by atoms with Crippen molar-refractivity contribution < 1.29 is 0 Å². The molecule has 0 saturated carbocycles. The van der Waals surface area contributed by atoms with Crippen LogP contribution >= 0.6 is 15.9 Å². The number of fused-ring (bicyclic) bond motifs is 1. The molecule has 1 aromatic carbocycles. The lowest BCUT2D eigenvalue weighted by atomic mass is 10.0. The van der Waals surface area contributed by atoms with Gasteiger partial charge in [0.15, 0.2) is 0 Å². The Kier molecular flexibility index (Phi) is 2.07. The minimum atomic E-state index is 0.843. The average Bonchev–Trinajstić information content (AvgIpc) is 2.12. The summed E-state index contributed by atoms with van der Waals surface area (Å²) >= 11 is 3.51. The van der Waals surface area contributed by atoms with Crippen LogP contribution in [0.25, 0.3) is 0 Å². The zero-order valence-electron chi connectivity index (χ0n) is 6.73. The topological polar surface area (TPSA) is 38.0 Å². The molecule has 0 spiro atoms. The molecule has 1 aliphatic heterocycles. The molecule has 3 N–H and O–H groups in total. The standard InChI is InChI=1S/C9H11BrN2/c10-9-7-3-4-12-5-6(7)1-2-8(9)11/h1-2,12H,3-5,11H2. The molecule has 0 aromatic heterocycles. The van der Waals surface area contributed by atoms with E-state index in [9.17, 15) is 0 Å². The van der Waals surface area contributed by atoms with E-state index >= 15 is 0 Å². The maximum Gasteiger partial charge on any atom is 0.0461 e. The molecule has 0 amide bonds. The predicted molar refractivity (Wildman–Crippen MR) is 54.0 cm³/mol. The molecule has 0 aliphatic carbocycles. The monoisotopic (exact) mass is 226 g/mol. The SMILES string of the molecule is Nc1ccc2c(c1Br)CCNC2. The van der Waals surface area contributed by atoms with Gasteiger partial charge < -0.3 is 11.1 Å². The van der Waals surface area contributed by atoms with E-state index in [0.29, 0.717) is 0 Å². The lowest BCUT2D eigenvalue weighted by molar-refractivity contribution is 0.642. The van der Waals surface area contributed by atoms with Gasteiger partial charge in [0.2, 0.25) is 0 Å². The summed E-state index contributed by atoms with van der Waals surface area (Å²) in [7, 11) is 0. The highest BCUT2D eigenvalue weighted by atomic mass is 79.9. The maximum atomic E-state index is 5.78. The molecule has 2 nitrogen and oxygen atoms in total. The van der Waals surface area contributed by atoms with Gasteiger partial charge in [-0.25, -0.2) is 0 Å². The van der Waals surface area contributed by atoms with Crippen LogP contribution in [0.3, 0.4) is 0 Å². The van der Waals surface area contributed by atoms with Crippen molar-refractivity contribution in [1.82, 2.24) is 5.32 Å². The highest BCUT2D eigenvalue weighted by Crippen LogP contribution is 2.28. The van der Waals surface area contributed by atoms with E-state index in [1.807, 2.05) is 6.07 Å². The third-order valence-electron chi connectivity index (χ3n) is 2.24. The van der Waals surface area contributed by atoms with Crippen LogP contribution in [-0.4, -0.2) is 6.54 Å². The molecule has 1 aliphatic rings. The maximum absolute atomic E-state index is 5.78. The molecule has 0 radical (unpaired) electrons. The first-order valence-electron chi connectivity index (χ1n) is 4.05. The minimum absolute atomic E-state index is 0.843. The van der Waals surface area contributed by atoms with Crippen molar-refractivity contribution in [2.45, 2.75) is 13.0 Å². The van der Waals surface area contributed by atoms with Crippen LogP contribution in [-0.2, 0) is 13.0 Å². The Morgan fingerprint density at radius 3 is 3.08 bits per heavy atom. The summed E-state index contributed by atoms with van der Waals surface area (Å²) in [5.41, 5.74) is 9.35. The first-order valence-corrected chi connectivity index (χ1v) is 4.85. The fourth-order valence-electron chi connectivity index (χ4n) is 1.55. The van der Waals surface area contributed by atoms with Crippen molar-refractivity contribution in [2.24, 2.45) is 0 Å². The van der Waals surface area contributed by atoms with Crippen LogP contribution in [0.1, 0.15) is 11.1 Å². The predicted octanol–water partition coefficient (Wildman–Crippen LogP) is 1.68. The number of halogens is 1. The van der Waals surface area contributed by atoms with E-state index in [0.717, 1.165) is 29.7 Å². The Morgan fingerprint density at radius 1 is 1.42 bits per heavy atom. The number of nitrogens with two attached hydrogens (primary N) is 1. The quantitative estimate of drug-likeness (QED) is 0.661. The second-order valence-corrected chi connectivity index (χ2v) is 3.83. The van der Waals surface area contributed by atoms with Gasteiger partial charge in [0.25, 0.3) is 0 Å².